The van der Waals surface area contributed by atoms with E-state index in [1.54, 1.807) is 25.1 Å². The number of hydrogen-bond donors (Lipinski definition) is 0. The minimum atomic E-state index is -0.00288. The number of aryl methyl sites for hydroxylation is 1. The van der Waals surface area contributed by atoms with Gasteiger partial charge in [0.25, 0.3) is 5.91 Å². The molecule has 4 rings (SSSR count). The number of carbonyl (C=O) groups excluding carboxylic acids is 1. The van der Waals surface area contributed by atoms with Crippen molar-refractivity contribution >= 4 is 5.91 Å². The minimum absolute atomic E-state index is 0.00288. The number of benzene rings is 1. The van der Waals surface area contributed by atoms with Crippen LogP contribution in [0.5, 0.6) is 11.5 Å². The molecule has 3 heterocycles. The number of nitrogens with zero attached hydrogens (tertiary/aromatic N) is 3. The van der Waals surface area contributed by atoms with E-state index in [9.17, 15) is 4.79 Å². The van der Waals surface area contributed by atoms with Crippen LogP contribution in [0.15, 0.2) is 22.7 Å². The standard InChI is InChI=1S/C17H19N3O4/c1-11-18-16(19-24-11)13-3-2-6-20(10-13)17(21)12-4-5-14-15(9-12)23-8-7-22-14/h4-5,9,13H,2-3,6-8,10H2,1H3. The highest BCUT2D eigenvalue weighted by Crippen LogP contribution is 2.32. The third-order valence-corrected chi connectivity index (χ3v) is 4.41. The molecule has 126 valence electrons. The average molecular weight is 329 g/mol. The van der Waals surface area contributed by atoms with Crippen molar-refractivity contribution in [3.05, 3.63) is 35.5 Å². The fourth-order valence-corrected chi connectivity index (χ4v) is 3.21. The lowest BCUT2D eigenvalue weighted by atomic mass is 9.96. The monoisotopic (exact) mass is 329 g/mol. The van der Waals surface area contributed by atoms with E-state index in [1.165, 1.54) is 0 Å². The van der Waals surface area contributed by atoms with E-state index in [1.807, 2.05) is 4.90 Å². The fraction of sp³-hybridized carbons (Fsp3) is 0.471. The van der Waals surface area contributed by atoms with Crippen LogP contribution in [0.1, 0.15) is 40.8 Å². The van der Waals surface area contributed by atoms with Gasteiger partial charge in [-0.05, 0) is 31.0 Å². The maximum absolute atomic E-state index is 12.8. The molecule has 7 nitrogen and oxygen atoms in total. The summed E-state index contributed by atoms with van der Waals surface area (Å²) in [5.74, 6) is 2.69. The second kappa shape index (κ2) is 6.14. The van der Waals surface area contributed by atoms with Gasteiger partial charge in [-0.15, -0.1) is 0 Å². The lowest BCUT2D eigenvalue weighted by molar-refractivity contribution is 0.0702. The highest BCUT2D eigenvalue weighted by Gasteiger charge is 2.29. The number of fused-ring (bicyclic) bond motifs is 1. The fourth-order valence-electron chi connectivity index (χ4n) is 3.21. The predicted octanol–water partition coefficient (Wildman–Crippen LogP) is 2.17. The Balaban J connectivity index is 1.51. The molecular formula is C17H19N3O4. The van der Waals surface area contributed by atoms with Gasteiger partial charge < -0.3 is 18.9 Å². The molecule has 7 heteroatoms. The van der Waals surface area contributed by atoms with Crippen molar-refractivity contribution in [1.29, 1.82) is 0 Å². The molecule has 1 amide bonds. The normalized spacial score (nSPS) is 20.0. The van der Waals surface area contributed by atoms with Gasteiger partial charge in [-0.25, -0.2) is 0 Å². The third kappa shape index (κ3) is 2.81. The summed E-state index contributed by atoms with van der Waals surface area (Å²) in [6.07, 6.45) is 1.89. The van der Waals surface area contributed by atoms with E-state index in [4.69, 9.17) is 14.0 Å². The highest BCUT2D eigenvalue weighted by molar-refractivity contribution is 5.95. The number of likely N-dealkylation sites (tertiary alicyclic amines) is 1. The van der Waals surface area contributed by atoms with Gasteiger partial charge in [0.05, 0.1) is 0 Å². The van der Waals surface area contributed by atoms with Crippen LogP contribution in [0.25, 0.3) is 0 Å². The predicted molar refractivity (Wildman–Crippen MR) is 84.3 cm³/mol. The maximum atomic E-state index is 12.8. The second-order valence-corrected chi connectivity index (χ2v) is 6.12. The van der Waals surface area contributed by atoms with Gasteiger partial charge in [-0.2, -0.15) is 4.98 Å². The zero-order valence-corrected chi connectivity index (χ0v) is 13.5. The minimum Gasteiger partial charge on any atom is -0.486 e. The van der Waals surface area contributed by atoms with Crippen LogP contribution in [0, 0.1) is 6.92 Å². The van der Waals surface area contributed by atoms with Crippen molar-refractivity contribution in [1.82, 2.24) is 15.0 Å². The highest BCUT2D eigenvalue weighted by atomic mass is 16.6. The molecule has 0 radical (unpaired) electrons. The number of aromatic nitrogens is 2. The van der Waals surface area contributed by atoms with Crippen molar-refractivity contribution in [2.24, 2.45) is 0 Å². The average Bonchev–Trinajstić information content (AvgIpc) is 3.07. The zero-order chi connectivity index (χ0) is 16.5. The van der Waals surface area contributed by atoms with Crippen molar-refractivity contribution in [3.8, 4) is 11.5 Å². The lowest BCUT2D eigenvalue weighted by Gasteiger charge is -2.31. The van der Waals surface area contributed by atoms with Crippen LogP contribution in [-0.2, 0) is 0 Å². The molecule has 1 unspecified atom stereocenters. The summed E-state index contributed by atoms with van der Waals surface area (Å²) in [5.41, 5.74) is 0.615. The summed E-state index contributed by atoms with van der Waals surface area (Å²) in [5, 5.41) is 4.00. The molecule has 1 aromatic heterocycles. The van der Waals surface area contributed by atoms with E-state index < -0.39 is 0 Å². The first-order valence-electron chi connectivity index (χ1n) is 8.20. The van der Waals surface area contributed by atoms with Gasteiger partial charge in [-0.1, -0.05) is 5.16 Å². The number of piperidine rings is 1. The number of rotatable bonds is 2. The first-order chi connectivity index (χ1) is 11.7. The number of amides is 1. The van der Waals surface area contributed by atoms with Gasteiger partial charge in [-0.3, -0.25) is 4.79 Å². The van der Waals surface area contributed by atoms with Gasteiger partial charge in [0.2, 0.25) is 5.89 Å². The summed E-state index contributed by atoms with van der Waals surface area (Å²) in [4.78, 5) is 19.0. The Labute approximate surface area is 139 Å². The smallest absolute Gasteiger partial charge is 0.254 e. The quantitative estimate of drug-likeness (QED) is 0.840. The molecule has 2 aliphatic rings. The lowest BCUT2D eigenvalue weighted by Crippen LogP contribution is -2.39. The van der Waals surface area contributed by atoms with E-state index in [0.29, 0.717) is 48.5 Å². The van der Waals surface area contributed by atoms with Gasteiger partial charge in [0.1, 0.15) is 13.2 Å². The summed E-state index contributed by atoms with van der Waals surface area (Å²) in [6.45, 7) is 4.16. The first-order valence-corrected chi connectivity index (χ1v) is 8.20. The van der Waals surface area contributed by atoms with Crippen LogP contribution < -0.4 is 9.47 Å². The molecule has 2 aromatic rings. The summed E-state index contributed by atoms with van der Waals surface area (Å²) >= 11 is 0. The molecule has 0 N–H and O–H groups in total. The maximum Gasteiger partial charge on any atom is 0.254 e. The van der Waals surface area contributed by atoms with Crippen molar-refractivity contribution in [2.75, 3.05) is 26.3 Å². The summed E-state index contributed by atoms with van der Waals surface area (Å²) in [7, 11) is 0. The molecule has 0 bridgehead atoms. The Kier molecular flexibility index (Phi) is 3.84. The Morgan fingerprint density at radius 1 is 1.25 bits per heavy atom. The van der Waals surface area contributed by atoms with E-state index in [2.05, 4.69) is 10.1 Å². The number of ether oxygens (including phenoxy) is 2. The molecular weight excluding hydrogens is 310 g/mol. The number of hydrogen-bond acceptors (Lipinski definition) is 6. The van der Waals surface area contributed by atoms with Gasteiger partial charge in [0.15, 0.2) is 17.3 Å². The molecule has 0 aliphatic carbocycles. The zero-order valence-electron chi connectivity index (χ0n) is 13.5. The summed E-state index contributed by atoms with van der Waals surface area (Å²) in [6, 6.07) is 5.35. The Hall–Kier alpha value is -2.57. The SMILES string of the molecule is Cc1nc(C2CCCN(C(=O)c3ccc4c(c3)OCCO4)C2)no1. The molecule has 1 aromatic carbocycles. The molecule has 24 heavy (non-hydrogen) atoms. The van der Waals surface area contributed by atoms with Gasteiger partial charge in [0, 0.05) is 31.5 Å². The van der Waals surface area contributed by atoms with Gasteiger partial charge >= 0.3 is 0 Å². The van der Waals surface area contributed by atoms with Crippen LogP contribution in [0.3, 0.4) is 0 Å². The molecule has 1 fully saturated rings. The van der Waals surface area contributed by atoms with Crippen molar-refractivity contribution in [2.45, 2.75) is 25.7 Å². The molecule has 1 atom stereocenters. The Morgan fingerprint density at radius 2 is 2.08 bits per heavy atom. The number of carbonyl (C=O) groups is 1. The van der Waals surface area contributed by atoms with Crippen LogP contribution in [0.2, 0.25) is 0 Å². The molecule has 2 aliphatic heterocycles. The molecule has 0 spiro atoms. The first kappa shape index (κ1) is 15.0. The molecule has 1 saturated heterocycles. The van der Waals surface area contributed by atoms with Crippen LogP contribution in [0.4, 0.5) is 0 Å². The summed E-state index contributed by atoms with van der Waals surface area (Å²) < 4.78 is 16.1. The van der Waals surface area contributed by atoms with Crippen LogP contribution >= 0.6 is 0 Å². The van der Waals surface area contributed by atoms with E-state index in [-0.39, 0.29) is 11.8 Å². The van der Waals surface area contributed by atoms with E-state index >= 15 is 0 Å². The topological polar surface area (TPSA) is 77.7 Å². The second-order valence-electron chi connectivity index (χ2n) is 6.12. The van der Waals surface area contributed by atoms with Crippen molar-refractivity contribution < 1.29 is 18.8 Å². The third-order valence-electron chi connectivity index (χ3n) is 4.41. The van der Waals surface area contributed by atoms with Crippen LogP contribution in [-0.4, -0.2) is 47.3 Å². The molecule has 0 saturated carbocycles. The Morgan fingerprint density at radius 3 is 2.88 bits per heavy atom. The van der Waals surface area contributed by atoms with E-state index in [0.717, 1.165) is 19.4 Å². The Bertz CT molecular complexity index is 758. The largest absolute Gasteiger partial charge is 0.486 e. The van der Waals surface area contributed by atoms with Crippen molar-refractivity contribution in [3.63, 3.8) is 0 Å².